The van der Waals surface area contributed by atoms with E-state index in [0.717, 1.165) is 29.9 Å². The Morgan fingerprint density at radius 1 is 1.23 bits per heavy atom. The molecule has 2 aromatic carbocycles. The van der Waals surface area contributed by atoms with Crippen LogP contribution < -0.4 is 10.2 Å². The zero-order valence-electron chi connectivity index (χ0n) is 15.5. The van der Waals surface area contributed by atoms with Crippen molar-refractivity contribution in [2.75, 3.05) is 16.8 Å². The van der Waals surface area contributed by atoms with Crippen molar-refractivity contribution in [2.24, 2.45) is 0 Å². The van der Waals surface area contributed by atoms with Crippen molar-refractivity contribution >= 4 is 17.1 Å². The summed E-state index contributed by atoms with van der Waals surface area (Å²) < 4.78 is 0. The fourth-order valence-electron chi connectivity index (χ4n) is 3.72. The van der Waals surface area contributed by atoms with E-state index >= 15 is 0 Å². The van der Waals surface area contributed by atoms with Crippen molar-refractivity contribution in [3.8, 4) is 0 Å². The standard InChI is InChI=1S/C21H25N3O2/c1-4-14-23-19-11-10-17(24(25)26)15-18(19)21(2,3)20(23)12-13-22-16-8-6-5-7-9-16/h5-13,15,20,22H,4,14H2,1-3H3. The van der Waals surface area contributed by atoms with Gasteiger partial charge in [0.05, 0.1) is 11.0 Å². The molecule has 5 heteroatoms. The Morgan fingerprint density at radius 2 is 1.96 bits per heavy atom. The predicted molar refractivity (Wildman–Crippen MR) is 107 cm³/mol. The Labute approximate surface area is 154 Å². The molecular formula is C21H25N3O2. The summed E-state index contributed by atoms with van der Waals surface area (Å²) in [6.45, 7) is 7.37. The summed E-state index contributed by atoms with van der Waals surface area (Å²) >= 11 is 0. The molecule has 26 heavy (non-hydrogen) atoms. The van der Waals surface area contributed by atoms with Crippen molar-refractivity contribution in [3.05, 3.63) is 76.5 Å². The van der Waals surface area contributed by atoms with E-state index in [2.05, 4.69) is 37.1 Å². The average Bonchev–Trinajstić information content (AvgIpc) is 2.84. The molecule has 1 unspecified atom stereocenters. The second kappa shape index (κ2) is 7.20. The Hall–Kier alpha value is -2.82. The van der Waals surface area contributed by atoms with Crippen LogP contribution in [-0.2, 0) is 5.41 Å². The Bertz CT molecular complexity index is 815. The van der Waals surface area contributed by atoms with E-state index in [-0.39, 0.29) is 22.1 Å². The summed E-state index contributed by atoms with van der Waals surface area (Å²) in [6.07, 6.45) is 5.15. The first-order chi connectivity index (χ1) is 12.4. The largest absolute Gasteiger partial charge is 0.364 e. The van der Waals surface area contributed by atoms with Crippen LogP contribution in [-0.4, -0.2) is 17.5 Å². The summed E-state index contributed by atoms with van der Waals surface area (Å²) in [4.78, 5) is 13.2. The van der Waals surface area contributed by atoms with E-state index in [4.69, 9.17) is 0 Å². The molecule has 1 aliphatic rings. The van der Waals surface area contributed by atoms with Gasteiger partial charge in [0.15, 0.2) is 0 Å². The molecule has 136 valence electrons. The molecule has 0 spiro atoms. The average molecular weight is 351 g/mol. The van der Waals surface area contributed by atoms with Crippen LogP contribution in [0, 0.1) is 10.1 Å². The maximum absolute atomic E-state index is 11.2. The van der Waals surface area contributed by atoms with E-state index in [9.17, 15) is 10.1 Å². The first kappa shape index (κ1) is 18.0. The first-order valence-corrected chi connectivity index (χ1v) is 8.99. The van der Waals surface area contributed by atoms with Crippen molar-refractivity contribution < 1.29 is 4.92 Å². The number of nitro groups is 1. The number of rotatable bonds is 6. The molecular weight excluding hydrogens is 326 g/mol. The lowest BCUT2D eigenvalue weighted by molar-refractivity contribution is -0.384. The Kier molecular flexibility index (Phi) is 4.98. The highest BCUT2D eigenvalue weighted by atomic mass is 16.6. The number of non-ortho nitro benzene ring substituents is 1. The maximum Gasteiger partial charge on any atom is 0.269 e. The third kappa shape index (κ3) is 3.29. The van der Waals surface area contributed by atoms with Gasteiger partial charge in [0.1, 0.15) is 0 Å². The van der Waals surface area contributed by atoms with Crippen LogP contribution in [0.3, 0.4) is 0 Å². The van der Waals surface area contributed by atoms with E-state index in [1.807, 2.05) is 42.6 Å². The normalized spacial score (nSPS) is 18.1. The van der Waals surface area contributed by atoms with Crippen molar-refractivity contribution in [1.29, 1.82) is 0 Å². The van der Waals surface area contributed by atoms with E-state index in [1.54, 1.807) is 12.1 Å². The second-order valence-electron chi connectivity index (χ2n) is 7.19. The van der Waals surface area contributed by atoms with Crippen LogP contribution in [0.5, 0.6) is 0 Å². The SMILES string of the molecule is CCCN1c2ccc([N+](=O)[O-])cc2C(C)(C)C1C=CNc1ccccc1. The van der Waals surface area contributed by atoms with Gasteiger partial charge in [-0.3, -0.25) is 10.1 Å². The van der Waals surface area contributed by atoms with Gasteiger partial charge in [0.25, 0.3) is 5.69 Å². The molecule has 0 aromatic heterocycles. The topological polar surface area (TPSA) is 58.4 Å². The van der Waals surface area contributed by atoms with Crippen LogP contribution in [0.15, 0.2) is 60.8 Å². The Balaban J connectivity index is 1.92. The highest BCUT2D eigenvalue weighted by Gasteiger charge is 2.43. The lowest BCUT2D eigenvalue weighted by atomic mass is 9.80. The van der Waals surface area contributed by atoms with Gasteiger partial charge in [0, 0.05) is 35.5 Å². The molecule has 1 aliphatic heterocycles. The molecule has 0 aliphatic carbocycles. The van der Waals surface area contributed by atoms with Crippen LogP contribution in [0.2, 0.25) is 0 Å². The predicted octanol–water partition coefficient (Wildman–Crippen LogP) is 5.10. The van der Waals surface area contributed by atoms with Gasteiger partial charge >= 0.3 is 0 Å². The van der Waals surface area contributed by atoms with Gasteiger partial charge in [0.2, 0.25) is 0 Å². The molecule has 0 radical (unpaired) electrons. The minimum atomic E-state index is -0.319. The van der Waals surface area contributed by atoms with Gasteiger partial charge in [-0.25, -0.2) is 0 Å². The monoisotopic (exact) mass is 351 g/mol. The van der Waals surface area contributed by atoms with Crippen molar-refractivity contribution in [2.45, 2.75) is 38.6 Å². The molecule has 3 rings (SSSR count). The van der Waals surface area contributed by atoms with Crippen LogP contribution in [0.1, 0.15) is 32.8 Å². The number of para-hydroxylation sites is 1. The van der Waals surface area contributed by atoms with Crippen LogP contribution in [0.4, 0.5) is 17.1 Å². The number of hydrogen-bond acceptors (Lipinski definition) is 4. The van der Waals surface area contributed by atoms with E-state index in [1.165, 1.54) is 0 Å². The molecule has 0 saturated heterocycles. The van der Waals surface area contributed by atoms with Crippen molar-refractivity contribution in [3.63, 3.8) is 0 Å². The molecule has 2 aromatic rings. The lowest BCUT2D eigenvalue weighted by Gasteiger charge is -2.32. The molecule has 5 nitrogen and oxygen atoms in total. The first-order valence-electron chi connectivity index (χ1n) is 8.99. The highest BCUT2D eigenvalue weighted by molar-refractivity contribution is 5.68. The third-order valence-electron chi connectivity index (χ3n) is 5.04. The summed E-state index contributed by atoms with van der Waals surface area (Å²) in [6, 6.07) is 15.4. The molecule has 0 amide bonds. The number of nitrogens with one attached hydrogen (secondary N) is 1. The third-order valence-corrected chi connectivity index (χ3v) is 5.04. The van der Waals surface area contributed by atoms with Gasteiger partial charge in [-0.2, -0.15) is 0 Å². The fraction of sp³-hybridized carbons (Fsp3) is 0.333. The number of hydrogen-bond donors (Lipinski definition) is 1. The molecule has 1 heterocycles. The summed E-state index contributed by atoms with van der Waals surface area (Å²) in [5, 5.41) is 14.5. The zero-order chi connectivity index (χ0) is 18.7. The summed E-state index contributed by atoms with van der Waals surface area (Å²) in [7, 11) is 0. The van der Waals surface area contributed by atoms with Gasteiger partial charge in [-0.15, -0.1) is 0 Å². The number of nitro benzene ring substituents is 1. The minimum absolute atomic E-state index is 0.135. The van der Waals surface area contributed by atoms with Crippen LogP contribution >= 0.6 is 0 Å². The highest BCUT2D eigenvalue weighted by Crippen LogP contribution is 2.47. The van der Waals surface area contributed by atoms with Gasteiger partial charge < -0.3 is 10.2 Å². The van der Waals surface area contributed by atoms with Gasteiger partial charge in [-0.1, -0.05) is 39.0 Å². The molecule has 0 saturated carbocycles. The molecule has 1 atom stereocenters. The fourth-order valence-corrected chi connectivity index (χ4v) is 3.72. The zero-order valence-corrected chi connectivity index (χ0v) is 15.5. The van der Waals surface area contributed by atoms with Gasteiger partial charge in [-0.05, 0) is 42.5 Å². The molecule has 0 bridgehead atoms. The molecule has 1 N–H and O–H groups in total. The maximum atomic E-state index is 11.2. The smallest absolute Gasteiger partial charge is 0.269 e. The Morgan fingerprint density at radius 3 is 2.62 bits per heavy atom. The van der Waals surface area contributed by atoms with Crippen molar-refractivity contribution in [1.82, 2.24) is 0 Å². The number of benzene rings is 2. The van der Waals surface area contributed by atoms with E-state index < -0.39 is 0 Å². The van der Waals surface area contributed by atoms with Crippen LogP contribution in [0.25, 0.3) is 0 Å². The summed E-state index contributed by atoms with van der Waals surface area (Å²) in [5.41, 5.74) is 3.10. The number of anilines is 2. The number of nitrogens with zero attached hydrogens (tertiary/aromatic N) is 2. The minimum Gasteiger partial charge on any atom is -0.364 e. The quantitative estimate of drug-likeness (QED) is 0.581. The summed E-state index contributed by atoms with van der Waals surface area (Å²) in [5.74, 6) is 0. The lowest BCUT2D eigenvalue weighted by Crippen LogP contribution is -2.40. The number of fused-ring (bicyclic) bond motifs is 1. The molecule has 0 fully saturated rings. The van der Waals surface area contributed by atoms with E-state index in [0.29, 0.717) is 0 Å². The second-order valence-corrected chi connectivity index (χ2v) is 7.19.